The Morgan fingerprint density at radius 3 is 2.77 bits per heavy atom. The first kappa shape index (κ1) is 15.7. The van der Waals surface area contributed by atoms with Crippen molar-refractivity contribution in [1.82, 2.24) is 9.88 Å². The number of amides is 1. The lowest BCUT2D eigenvalue weighted by Crippen LogP contribution is -2.32. The van der Waals surface area contributed by atoms with Crippen molar-refractivity contribution in [2.24, 2.45) is 5.92 Å². The maximum Gasteiger partial charge on any atom is 0.270 e. The Hall–Kier alpha value is -2.49. The highest BCUT2D eigenvalue weighted by molar-refractivity contribution is 5.98. The predicted molar refractivity (Wildman–Crippen MR) is 101 cm³/mol. The molecule has 0 unspecified atom stereocenters. The van der Waals surface area contributed by atoms with Crippen molar-refractivity contribution in [1.29, 1.82) is 0 Å². The summed E-state index contributed by atoms with van der Waals surface area (Å²) in [5.74, 6) is 3.35. The first-order chi connectivity index (χ1) is 12.6. The van der Waals surface area contributed by atoms with Gasteiger partial charge in [-0.25, -0.2) is 0 Å². The van der Waals surface area contributed by atoms with E-state index in [1.165, 1.54) is 12.0 Å². The number of furan rings is 1. The first-order valence-electron chi connectivity index (χ1n) is 9.57. The Kier molecular flexibility index (Phi) is 3.49. The van der Waals surface area contributed by atoms with E-state index in [0.29, 0.717) is 24.2 Å². The van der Waals surface area contributed by atoms with Crippen molar-refractivity contribution >= 4 is 16.8 Å². The number of carbonyl (C=O) groups excluding carboxylic acids is 1. The fourth-order valence-electron chi connectivity index (χ4n) is 3.83. The summed E-state index contributed by atoms with van der Waals surface area (Å²) >= 11 is 0. The maximum atomic E-state index is 13.1. The average Bonchev–Trinajstić information content (AvgIpc) is 3.50. The molecule has 26 heavy (non-hydrogen) atoms. The standard InChI is InChI=1S/C22H24N2O2/c1-13-3-4-15-11-20(23-19(15)9-13)22(25)24(16-5-6-16)12-17-7-8-21(26-17)18-10-14(18)2/h3-4,7-9,11,14,16,18,23H,5-6,10,12H2,1-2H3/t14-,18-/m1/s1. The zero-order valence-corrected chi connectivity index (χ0v) is 15.3. The van der Waals surface area contributed by atoms with Gasteiger partial charge in [-0.2, -0.15) is 0 Å². The molecule has 2 heterocycles. The molecule has 2 atom stereocenters. The Balaban J connectivity index is 1.39. The fourth-order valence-corrected chi connectivity index (χ4v) is 3.83. The van der Waals surface area contributed by atoms with Gasteiger partial charge in [0, 0.05) is 22.9 Å². The van der Waals surface area contributed by atoms with Crippen molar-refractivity contribution in [3.05, 3.63) is 59.2 Å². The summed E-state index contributed by atoms with van der Waals surface area (Å²) in [7, 11) is 0. The van der Waals surface area contributed by atoms with Gasteiger partial charge in [0.05, 0.1) is 6.54 Å². The lowest BCUT2D eigenvalue weighted by Gasteiger charge is -2.20. The molecule has 2 aliphatic carbocycles. The first-order valence-corrected chi connectivity index (χ1v) is 9.57. The quantitative estimate of drug-likeness (QED) is 0.705. The molecule has 2 saturated carbocycles. The van der Waals surface area contributed by atoms with Gasteiger partial charge in [0.15, 0.2) is 0 Å². The molecule has 0 spiro atoms. The lowest BCUT2D eigenvalue weighted by molar-refractivity contribution is 0.0711. The molecule has 2 aromatic heterocycles. The van der Waals surface area contributed by atoms with E-state index in [1.807, 2.05) is 17.0 Å². The molecule has 4 nitrogen and oxygen atoms in total. The van der Waals surface area contributed by atoms with Gasteiger partial charge in [-0.15, -0.1) is 0 Å². The summed E-state index contributed by atoms with van der Waals surface area (Å²) in [6.45, 7) is 4.87. The molecule has 4 heteroatoms. The number of hydrogen-bond donors (Lipinski definition) is 1. The van der Waals surface area contributed by atoms with E-state index < -0.39 is 0 Å². The van der Waals surface area contributed by atoms with Crippen molar-refractivity contribution in [2.75, 3.05) is 0 Å². The Morgan fingerprint density at radius 2 is 2.04 bits per heavy atom. The van der Waals surface area contributed by atoms with Crippen LogP contribution >= 0.6 is 0 Å². The minimum Gasteiger partial charge on any atom is -0.464 e. The highest BCUT2D eigenvalue weighted by Crippen LogP contribution is 2.47. The SMILES string of the molecule is Cc1ccc2cc(C(=O)N(Cc3ccc([C@@H]4C[C@H]4C)o3)C3CC3)[nH]c2c1. The monoisotopic (exact) mass is 348 g/mol. The van der Waals surface area contributed by atoms with E-state index >= 15 is 0 Å². The molecule has 0 bridgehead atoms. The number of carbonyl (C=O) groups is 1. The second-order valence-electron chi connectivity index (χ2n) is 8.06. The molecule has 3 aromatic rings. The van der Waals surface area contributed by atoms with Gasteiger partial charge in [0.2, 0.25) is 0 Å². The third kappa shape index (κ3) is 2.83. The van der Waals surface area contributed by atoms with E-state index in [9.17, 15) is 4.79 Å². The number of aromatic amines is 1. The molecule has 0 radical (unpaired) electrons. The summed E-state index contributed by atoms with van der Waals surface area (Å²) in [6.07, 6.45) is 3.38. The Bertz CT molecular complexity index is 979. The molecular formula is C22H24N2O2. The minimum atomic E-state index is 0.0686. The van der Waals surface area contributed by atoms with Gasteiger partial charge in [-0.1, -0.05) is 19.1 Å². The van der Waals surface area contributed by atoms with Crippen LogP contribution in [0.15, 0.2) is 40.8 Å². The third-order valence-corrected chi connectivity index (χ3v) is 5.74. The summed E-state index contributed by atoms with van der Waals surface area (Å²) in [6, 6.07) is 12.7. The number of fused-ring (bicyclic) bond motifs is 1. The van der Waals surface area contributed by atoms with Crippen LogP contribution in [-0.2, 0) is 6.54 Å². The normalized spacial score (nSPS) is 21.9. The summed E-state index contributed by atoms with van der Waals surface area (Å²) in [5.41, 5.74) is 2.88. The number of aryl methyl sites for hydroxylation is 1. The average molecular weight is 348 g/mol. The number of nitrogens with one attached hydrogen (secondary N) is 1. The summed E-state index contributed by atoms with van der Waals surface area (Å²) < 4.78 is 6.04. The molecular weight excluding hydrogens is 324 g/mol. The maximum absolute atomic E-state index is 13.1. The zero-order chi connectivity index (χ0) is 17.8. The minimum absolute atomic E-state index is 0.0686. The smallest absolute Gasteiger partial charge is 0.270 e. The predicted octanol–water partition coefficient (Wildman–Crippen LogP) is 5.00. The molecule has 134 valence electrons. The number of H-pyrrole nitrogens is 1. The van der Waals surface area contributed by atoms with Crippen LogP contribution in [0.2, 0.25) is 0 Å². The van der Waals surface area contributed by atoms with E-state index in [4.69, 9.17) is 4.42 Å². The van der Waals surface area contributed by atoms with Crippen LogP contribution in [0.5, 0.6) is 0 Å². The van der Waals surface area contributed by atoms with Crippen molar-refractivity contribution in [3.8, 4) is 0 Å². The van der Waals surface area contributed by atoms with Crippen LogP contribution in [0.1, 0.15) is 59.7 Å². The fraction of sp³-hybridized carbons (Fsp3) is 0.409. The van der Waals surface area contributed by atoms with Gasteiger partial charge in [0.25, 0.3) is 5.91 Å². The van der Waals surface area contributed by atoms with Crippen LogP contribution in [0.3, 0.4) is 0 Å². The Labute approximate surface area is 153 Å². The molecule has 0 aliphatic heterocycles. The molecule has 2 aliphatic rings. The lowest BCUT2D eigenvalue weighted by atomic mass is 10.2. The van der Waals surface area contributed by atoms with Gasteiger partial charge >= 0.3 is 0 Å². The molecule has 0 saturated heterocycles. The number of hydrogen-bond acceptors (Lipinski definition) is 2. The number of rotatable bonds is 5. The van der Waals surface area contributed by atoms with E-state index in [2.05, 4.69) is 43.1 Å². The van der Waals surface area contributed by atoms with Crippen molar-refractivity contribution < 1.29 is 9.21 Å². The van der Waals surface area contributed by atoms with Crippen molar-refractivity contribution in [3.63, 3.8) is 0 Å². The van der Waals surface area contributed by atoms with E-state index in [-0.39, 0.29) is 5.91 Å². The summed E-state index contributed by atoms with van der Waals surface area (Å²) in [5, 5.41) is 1.08. The highest BCUT2D eigenvalue weighted by Gasteiger charge is 2.38. The molecule has 1 N–H and O–H groups in total. The number of nitrogens with zero attached hydrogens (tertiary/aromatic N) is 1. The second-order valence-corrected chi connectivity index (χ2v) is 8.06. The molecule has 1 aromatic carbocycles. The van der Waals surface area contributed by atoms with Gasteiger partial charge in [-0.3, -0.25) is 4.79 Å². The Morgan fingerprint density at radius 1 is 1.23 bits per heavy atom. The third-order valence-electron chi connectivity index (χ3n) is 5.74. The summed E-state index contributed by atoms with van der Waals surface area (Å²) in [4.78, 5) is 18.4. The van der Waals surface area contributed by atoms with Crippen LogP contribution in [0.4, 0.5) is 0 Å². The van der Waals surface area contributed by atoms with Crippen molar-refractivity contribution in [2.45, 2.75) is 51.6 Å². The highest BCUT2D eigenvalue weighted by atomic mass is 16.3. The van der Waals surface area contributed by atoms with Gasteiger partial charge in [-0.05, 0) is 61.9 Å². The molecule has 1 amide bonds. The van der Waals surface area contributed by atoms with Crippen LogP contribution in [0.25, 0.3) is 10.9 Å². The largest absolute Gasteiger partial charge is 0.464 e. The van der Waals surface area contributed by atoms with Crippen LogP contribution in [0, 0.1) is 12.8 Å². The van der Waals surface area contributed by atoms with Crippen LogP contribution in [-0.4, -0.2) is 21.8 Å². The van der Waals surface area contributed by atoms with E-state index in [1.54, 1.807) is 0 Å². The zero-order valence-electron chi connectivity index (χ0n) is 15.3. The number of aromatic nitrogens is 1. The molecule has 2 fully saturated rings. The van der Waals surface area contributed by atoms with Gasteiger partial charge in [0.1, 0.15) is 17.2 Å². The second kappa shape index (κ2) is 5.76. The van der Waals surface area contributed by atoms with Crippen LogP contribution < -0.4 is 0 Å². The van der Waals surface area contributed by atoms with Gasteiger partial charge < -0.3 is 14.3 Å². The topological polar surface area (TPSA) is 49.2 Å². The number of benzene rings is 1. The molecule has 5 rings (SSSR count). The van der Waals surface area contributed by atoms with E-state index in [0.717, 1.165) is 41.2 Å².